The van der Waals surface area contributed by atoms with Crippen molar-refractivity contribution in [3.05, 3.63) is 47.1 Å². The predicted octanol–water partition coefficient (Wildman–Crippen LogP) is 4.22. The van der Waals surface area contributed by atoms with Gasteiger partial charge in [-0.3, -0.25) is 0 Å². The third kappa shape index (κ3) is 3.14. The number of benzene rings is 1. The van der Waals surface area contributed by atoms with E-state index in [2.05, 4.69) is 15.6 Å². The second-order valence-electron chi connectivity index (χ2n) is 4.07. The van der Waals surface area contributed by atoms with Crippen molar-refractivity contribution in [2.45, 2.75) is 13.8 Å². The summed E-state index contributed by atoms with van der Waals surface area (Å²) in [6, 6.07) is 9.82. The SMILES string of the molecule is CCNc1cc(Nc2ccc(C)cc2Cl)ccn1. The molecule has 0 aliphatic carbocycles. The van der Waals surface area contributed by atoms with E-state index < -0.39 is 0 Å². The fraction of sp³-hybridized carbons (Fsp3) is 0.214. The monoisotopic (exact) mass is 261 g/mol. The van der Waals surface area contributed by atoms with Crippen molar-refractivity contribution >= 4 is 28.8 Å². The highest BCUT2D eigenvalue weighted by Crippen LogP contribution is 2.26. The molecule has 0 bridgehead atoms. The van der Waals surface area contributed by atoms with Crippen molar-refractivity contribution < 1.29 is 0 Å². The lowest BCUT2D eigenvalue weighted by Crippen LogP contribution is -2.00. The number of halogens is 1. The minimum Gasteiger partial charge on any atom is -0.370 e. The molecule has 0 fully saturated rings. The van der Waals surface area contributed by atoms with Crippen molar-refractivity contribution in [1.29, 1.82) is 0 Å². The van der Waals surface area contributed by atoms with Gasteiger partial charge in [0, 0.05) is 24.5 Å². The van der Waals surface area contributed by atoms with Crippen molar-refractivity contribution in [2.24, 2.45) is 0 Å². The zero-order valence-corrected chi connectivity index (χ0v) is 11.3. The van der Waals surface area contributed by atoms with Crippen LogP contribution in [0.4, 0.5) is 17.2 Å². The van der Waals surface area contributed by atoms with E-state index in [1.165, 1.54) is 0 Å². The van der Waals surface area contributed by atoms with Crippen molar-refractivity contribution in [3.8, 4) is 0 Å². The van der Waals surface area contributed by atoms with E-state index in [0.29, 0.717) is 0 Å². The number of pyridine rings is 1. The van der Waals surface area contributed by atoms with E-state index in [1.807, 2.05) is 44.2 Å². The molecule has 2 N–H and O–H groups in total. The second kappa shape index (κ2) is 5.74. The summed E-state index contributed by atoms with van der Waals surface area (Å²) in [5.41, 5.74) is 3.01. The molecule has 94 valence electrons. The summed E-state index contributed by atoms with van der Waals surface area (Å²) in [5.74, 6) is 0.853. The van der Waals surface area contributed by atoms with Crippen LogP contribution in [-0.2, 0) is 0 Å². The lowest BCUT2D eigenvalue weighted by molar-refractivity contribution is 1.16. The molecule has 0 amide bonds. The molecule has 3 nitrogen and oxygen atoms in total. The quantitative estimate of drug-likeness (QED) is 0.865. The standard InChI is InChI=1S/C14H16ClN3/c1-3-16-14-9-11(6-7-17-14)18-13-5-4-10(2)8-12(13)15/h4-9H,3H2,1-2H3,(H2,16,17,18). The Morgan fingerprint density at radius 2 is 2.06 bits per heavy atom. The van der Waals surface area contributed by atoms with Crippen LogP contribution >= 0.6 is 11.6 Å². The van der Waals surface area contributed by atoms with E-state index in [0.717, 1.165) is 34.3 Å². The van der Waals surface area contributed by atoms with Crippen LogP contribution in [0.3, 0.4) is 0 Å². The van der Waals surface area contributed by atoms with Crippen LogP contribution in [0.5, 0.6) is 0 Å². The summed E-state index contributed by atoms with van der Waals surface area (Å²) in [6.45, 7) is 4.91. The number of anilines is 3. The average molecular weight is 262 g/mol. The van der Waals surface area contributed by atoms with Gasteiger partial charge in [0.2, 0.25) is 0 Å². The normalized spacial score (nSPS) is 10.2. The first-order valence-electron chi connectivity index (χ1n) is 5.92. The first-order chi connectivity index (χ1) is 8.69. The summed E-state index contributed by atoms with van der Waals surface area (Å²) in [7, 11) is 0. The Kier molecular flexibility index (Phi) is 4.05. The fourth-order valence-electron chi connectivity index (χ4n) is 1.66. The number of nitrogens with zero attached hydrogens (tertiary/aromatic N) is 1. The van der Waals surface area contributed by atoms with Gasteiger partial charge in [0.05, 0.1) is 10.7 Å². The van der Waals surface area contributed by atoms with Crippen LogP contribution in [0, 0.1) is 6.92 Å². The summed E-state index contributed by atoms with van der Waals surface area (Å²) in [4.78, 5) is 4.22. The molecule has 2 rings (SSSR count). The van der Waals surface area contributed by atoms with Gasteiger partial charge in [-0.2, -0.15) is 0 Å². The molecule has 1 aromatic carbocycles. The Bertz CT molecular complexity index is 540. The minimum absolute atomic E-state index is 0.719. The largest absolute Gasteiger partial charge is 0.370 e. The molecule has 0 saturated carbocycles. The van der Waals surface area contributed by atoms with Gasteiger partial charge in [0.15, 0.2) is 0 Å². The van der Waals surface area contributed by atoms with Crippen molar-refractivity contribution in [2.75, 3.05) is 17.2 Å². The molecule has 4 heteroatoms. The zero-order chi connectivity index (χ0) is 13.0. The van der Waals surface area contributed by atoms with Gasteiger partial charge in [0.25, 0.3) is 0 Å². The first kappa shape index (κ1) is 12.7. The van der Waals surface area contributed by atoms with Crippen molar-refractivity contribution in [3.63, 3.8) is 0 Å². The van der Waals surface area contributed by atoms with Crippen LogP contribution in [0.25, 0.3) is 0 Å². The molecular weight excluding hydrogens is 246 g/mol. The maximum Gasteiger partial charge on any atom is 0.127 e. The molecule has 2 aromatic rings. The lowest BCUT2D eigenvalue weighted by Gasteiger charge is -2.10. The van der Waals surface area contributed by atoms with Crippen LogP contribution in [-0.4, -0.2) is 11.5 Å². The molecule has 0 unspecified atom stereocenters. The highest BCUT2D eigenvalue weighted by Gasteiger charge is 2.02. The smallest absolute Gasteiger partial charge is 0.127 e. The van der Waals surface area contributed by atoms with Gasteiger partial charge in [-0.25, -0.2) is 4.98 Å². The second-order valence-corrected chi connectivity index (χ2v) is 4.48. The molecule has 0 aliphatic heterocycles. The van der Waals surface area contributed by atoms with E-state index in [1.54, 1.807) is 6.20 Å². The number of hydrogen-bond acceptors (Lipinski definition) is 3. The number of nitrogens with one attached hydrogen (secondary N) is 2. The number of hydrogen-bond donors (Lipinski definition) is 2. The van der Waals surface area contributed by atoms with Gasteiger partial charge in [-0.05, 0) is 37.6 Å². The average Bonchev–Trinajstić information content (AvgIpc) is 2.34. The predicted molar refractivity (Wildman–Crippen MR) is 77.9 cm³/mol. The molecule has 0 atom stereocenters. The first-order valence-corrected chi connectivity index (χ1v) is 6.30. The minimum atomic E-state index is 0.719. The molecule has 18 heavy (non-hydrogen) atoms. The van der Waals surface area contributed by atoms with E-state index >= 15 is 0 Å². The van der Waals surface area contributed by atoms with Gasteiger partial charge in [0.1, 0.15) is 5.82 Å². The van der Waals surface area contributed by atoms with Gasteiger partial charge < -0.3 is 10.6 Å². The highest BCUT2D eigenvalue weighted by atomic mass is 35.5. The van der Waals surface area contributed by atoms with Crippen LogP contribution in [0.2, 0.25) is 5.02 Å². The van der Waals surface area contributed by atoms with Gasteiger partial charge in [-0.1, -0.05) is 17.7 Å². The summed E-state index contributed by atoms with van der Waals surface area (Å²) >= 11 is 6.19. The van der Waals surface area contributed by atoms with Crippen LogP contribution < -0.4 is 10.6 Å². The van der Waals surface area contributed by atoms with E-state index in [4.69, 9.17) is 11.6 Å². The molecule has 1 heterocycles. The van der Waals surface area contributed by atoms with Gasteiger partial charge in [-0.15, -0.1) is 0 Å². The topological polar surface area (TPSA) is 37.0 Å². The highest BCUT2D eigenvalue weighted by molar-refractivity contribution is 6.33. The summed E-state index contributed by atoms with van der Waals surface area (Å²) in [6.07, 6.45) is 1.77. The Morgan fingerprint density at radius 1 is 1.22 bits per heavy atom. The summed E-state index contributed by atoms with van der Waals surface area (Å²) < 4.78 is 0. The van der Waals surface area contributed by atoms with E-state index in [-0.39, 0.29) is 0 Å². The maximum atomic E-state index is 6.19. The van der Waals surface area contributed by atoms with E-state index in [9.17, 15) is 0 Å². The summed E-state index contributed by atoms with van der Waals surface area (Å²) in [5, 5.41) is 7.18. The molecule has 1 aromatic heterocycles. The zero-order valence-electron chi connectivity index (χ0n) is 10.5. The molecule has 0 aliphatic rings. The van der Waals surface area contributed by atoms with Crippen LogP contribution in [0.1, 0.15) is 12.5 Å². The van der Waals surface area contributed by atoms with Crippen molar-refractivity contribution in [1.82, 2.24) is 4.98 Å². The Balaban J connectivity index is 2.20. The van der Waals surface area contributed by atoms with Gasteiger partial charge >= 0.3 is 0 Å². The maximum absolute atomic E-state index is 6.19. The Hall–Kier alpha value is -1.74. The third-order valence-electron chi connectivity index (χ3n) is 2.52. The fourth-order valence-corrected chi connectivity index (χ4v) is 1.95. The number of aryl methyl sites for hydroxylation is 1. The molecular formula is C14H16ClN3. The molecule has 0 saturated heterocycles. The Morgan fingerprint density at radius 3 is 2.78 bits per heavy atom. The lowest BCUT2D eigenvalue weighted by atomic mass is 10.2. The number of rotatable bonds is 4. The Labute approximate surface area is 112 Å². The molecule has 0 spiro atoms. The van der Waals surface area contributed by atoms with Crippen LogP contribution in [0.15, 0.2) is 36.5 Å². The third-order valence-corrected chi connectivity index (χ3v) is 2.83. The number of aromatic nitrogens is 1. The molecule has 0 radical (unpaired) electrons.